The molecule has 1 aromatic carbocycles. The summed E-state index contributed by atoms with van der Waals surface area (Å²) >= 11 is 2.89. The highest BCUT2D eigenvalue weighted by Crippen LogP contribution is 2.23. The van der Waals surface area contributed by atoms with E-state index in [9.17, 15) is 14.3 Å². The Morgan fingerprint density at radius 1 is 1.44 bits per heavy atom. The number of aliphatic hydroxyl groups is 1. The molecule has 1 heterocycles. The van der Waals surface area contributed by atoms with Crippen molar-refractivity contribution >= 4 is 38.1 Å². The molecule has 0 bridgehead atoms. The third-order valence-corrected chi connectivity index (χ3v) is 3.85. The van der Waals surface area contributed by atoms with Crippen molar-refractivity contribution in [3.63, 3.8) is 0 Å². The minimum Gasteiger partial charge on any atom is -0.510 e. The average molecular weight is 433 g/mol. The van der Waals surface area contributed by atoms with Crippen molar-refractivity contribution < 1.29 is 14.3 Å². The van der Waals surface area contributed by atoms with Gasteiger partial charge in [-0.1, -0.05) is 12.7 Å². The second-order valence-corrected chi connectivity index (χ2v) is 6.26. The zero-order chi connectivity index (χ0) is 20.0. The van der Waals surface area contributed by atoms with Gasteiger partial charge in [0.1, 0.15) is 16.2 Å². The molecule has 140 valence electrons. The summed E-state index contributed by atoms with van der Waals surface area (Å²) in [6.07, 6.45) is 5.89. The molecule has 0 radical (unpaired) electrons. The first kappa shape index (κ1) is 20.3. The molecule has 0 aliphatic carbocycles. The van der Waals surface area contributed by atoms with Crippen LogP contribution in [0.2, 0.25) is 0 Å². The van der Waals surface area contributed by atoms with Gasteiger partial charge in [-0.3, -0.25) is 10.2 Å². The van der Waals surface area contributed by atoms with Crippen LogP contribution >= 0.6 is 15.9 Å². The van der Waals surface area contributed by atoms with Gasteiger partial charge in [0.15, 0.2) is 0 Å². The summed E-state index contributed by atoms with van der Waals surface area (Å²) in [5, 5.41) is 23.8. The lowest BCUT2D eigenvalue weighted by Crippen LogP contribution is -2.26. The first-order valence-corrected chi connectivity index (χ1v) is 8.71. The Bertz CT molecular complexity index is 930. The number of hydrogen-bond acceptors (Lipinski definition) is 4. The smallest absolute Gasteiger partial charge is 0.252 e. The third-order valence-electron chi connectivity index (χ3n) is 3.62. The van der Waals surface area contributed by atoms with E-state index in [1.54, 1.807) is 35.9 Å². The highest BCUT2D eigenvalue weighted by atomic mass is 79.9. The summed E-state index contributed by atoms with van der Waals surface area (Å²) in [5.41, 5.74) is 2.10. The number of allylic oxidation sites excluding steroid dienone is 2. The van der Waals surface area contributed by atoms with Crippen molar-refractivity contribution in [1.29, 1.82) is 5.41 Å². The van der Waals surface area contributed by atoms with Gasteiger partial charge in [0.2, 0.25) is 0 Å². The van der Waals surface area contributed by atoms with Crippen LogP contribution in [-0.4, -0.2) is 32.0 Å². The summed E-state index contributed by atoms with van der Waals surface area (Å²) < 4.78 is 14.7. The molecular weight excluding hydrogens is 415 g/mol. The molecule has 0 atom stereocenters. The molecule has 27 heavy (non-hydrogen) atoms. The van der Waals surface area contributed by atoms with Crippen LogP contribution in [0.3, 0.4) is 0 Å². The van der Waals surface area contributed by atoms with Crippen molar-refractivity contribution in [1.82, 2.24) is 15.1 Å². The Hall–Kier alpha value is -3.00. The number of aliphatic hydroxyl groups excluding tert-OH is 1. The van der Waals surface area contributed by atoms with Crippen LogP contribution in [0, 0.1) is 11.2 Å². The Labute approximate surface area is 164 Å². The van der Waals surface area contributed by atoms with E-state index < -0.39 is 5.91 Å². The lowest BCUT2D eigenvalue weighted by Gasteiger charge is -2.10. The van der Waals surface area contributed by atoms with Gasteiger partial charge in [0, 0.05) is 17.2 Å². The third kappa shape index (κ3) is 5.01. The maximum Gasteiger partial charge on any atom is 0.252 e. The van der Waals surface area contributed by atoms with Crippen molar-refractivity contribution in [3.05, 3.63) is 72.0 Å². The van der Waals surface area contributed by atoms with Crippen LogP contribution in [0.4, 0.5) is 4.39 Å². The van der Waals surface area contributed by atoms with Gasteiger partial charge in [-0.25, -0.2) is 9.07 Å². The Kier molecular flexibility index (Phi) is 6.84. The van der Waals surface area contributed by atoms with Crippen molar-refractivity contribution in [3.8, 4) is 5.69 Å². The van der Waals surface area contributed by atoms with E-state index in [1.165, 1.54) is 24.4 Å². The molecule has 8 heteroatoms. The number of aromatic nitrogens is 2. The van der Waals surface area contributed by atoms with Crippen LogP contribution < -0.4 is 5.32 Å². The maximum atomic E-state index is 13.2. The van der Waals surface area contributed by atoms with Gasteiger partial charge in [-0.2, -0.15) is 5.10 Å². The van der Waals surface area contributed by atoms with E-state index in [-0.39, 0.29) is 22.7 Å². The predicted octanol–water partition coefficient (Wildman–Crippen LogP) is 3.99. The Morgan fingerprint density at radius 2 is 2.11 bits per heavy atom. The number of nitrogens with zero attached hydrogens (tertiary/aromatic N) is 2. The normalized spacial score (nSPS) is 12.0. The molecule has 0 fully saturated rings. The monoisotopic (exact) mass is 432 g/mol. The number of benzene rings is 1. The van der Waals surface area contributed by atoms with Gasteiger partial charge in [0.05, 0.1) is 24.1 Å². The van der Waals surface area contributed by atoms with Crippen molar-refractivity contribution in [2.24, 2.45) is 0 Å². The number of hydrogen-bond donors (Lipinski definition) is 3. The lowest BCUT2D eigenvalue weighted by molar-refractivity contribution is -0.115. The second-order valence-electron chi connectivity index (χ2n) is 5.40. The number of nitrogens with one attached hydrogen (secondary N) is 2. The maximum absolute atomic E-state index is 13.2. The van der Waals surface area contributed by atoms with E-state index in [2.05, 4.69) is 32.9 Å². The minimum atomic E-state index is -0.416. The quantitative estimate of drug-likeness (QED) is 0.350. The molecule has 0 aliphatic rings. The SMILES string of the molecule is C=Cc1c(/C(=C\C)C(=O)NC/C(O)=C/C(=N)Br)cnn1-c1ccc(F)cc1. The largest absolute Gasteiger partial charge is 0.510 e. The van der Waals surface area contributed by atoms with Gasteiger partial charge in [-0.05, 0) is 53.2 Å². The van der Waals surface area contributed by atoms with Gasteiger partial charge in [0.25, 0.3) is 5.91 Å². The van der Waals surface area contributed by atoms with Gasteiger partial charge in [-0.15, -0.1) is 0 Å². The van der Waals surface area contributed by atoms with Crippen LogP contribution in [-0.2, 0) is 4.79 Å². The van der Waals surface area contributed by atoms with Crippen LogP contribution in [0.5, 0.6) is 0 Å². The molecule has 1 amide bonds. The molecule has 1 aromatic heterocycles. The molecule has 0 aliphatic heterocycles. The standard InChI is InChI=1S/C19H18BrFN4O2/c1-3-15(19(27)23-10-14(26)9-18(20)22)16-11-24-25(17(16)4-2)13-7-5-12(21)6-8-13/h3-9,11,22,26H,2,10H2,1H3,(H,23,27)/b14-9-,15-3+,22-18?. The van der Waals surface area contributed by atoms with E-state index in [0.29, 0.717) is 22.5 Å². The lowest BCUT2D eigenvalue weighted by atomic mass is 10.1. The molecule has 2 aromatic rings. The second kappa shape index (κ2) is 9.09. The molecule has 0 unspecified atom stereocenters. The van der Waals surface area contributed by atoms with Gasteiger partial charge < -0.3 is 10.4 Å². The molecule has 0 saturated carbocycles. The van der Waals surface area contributed by atoms with Gasteiger partial charge >= 0.3 is 0 Å². The number of amides is 1. The number of carbonyl (C=O) groups is 1. The highest BCUT2D eigenvalue weighted by Gasteiger charge is 2.18. The predicted molar refractivity (Wildman–Crippen MR) is 108 cm³/mol. The van der Waals surface area contributed by atoms with Crippen molar-refractivity contribution in [2.45, 2.75) is 6.92 Å². The summed E-state index contributed by atoms with van der Waals surface area (Å²) in [5.74, 6) is -0.934. The molecule has 2 rings (SSSR count). The topological polar surface area (TPSA) is 91.0 Å². The van der Waals surface area contributed by atoms with Crippen molar-refractivity contribution in [2.75, 3.05) is 6.54 Å². The zero-order valence-corrected chi connectivity index (χ0v) is 16.1. The van der Waals surface area contributed by atoms with E-state index in [1.807, 2.05) is 0 Å². The Morgan fingerprint density at radius 3 is 2.67 bits per heavy atom. The number of halogens is 2. The number of rotatable bonds is 7. The first-order valence-electron chi connectivity index (χ1n) is 7.92. The van der Waals surface area contributed by atoms with Crippen LogP contribution in [0.25, 0.3) is 17.3 Å². The minimum absolute atomic E-state index is 0.00461. The van der Waals surface area contributed by atoms with E-state index >= 15 is 0 Å². The zero-order valence-electron chi connectivity index (χ0n) is 14.5. The van der Waals surface area contributed by atoms with Crippen LogP contribution in [0.1, 0.15) is 18.2 Å². The summed E-state index contributed by atoms with van der Waals surface area (Å²) in [4.78, 5) is 12.5. The summed E-state index contributed by atoms with van der Waals surface area (Å²) in [7, 11) is 0. The fourth-order valence-electron chi connectivity index (χ4n) is 2.42. The highest BCUT2D eigenvalue weighted by molar-refractivity contribution is 9.18. The molecular formula is C19H18BrFN4O2. The fraction of sp³-hybridized carbons (Fsp3) is 0.105. The summed E-state index contributed by atoms with van der Waals surface area (Å²) in [6.45, 7) is 5.36. The molecule has 0 saturated heterocycles. The van der Waals surface area contributed by atoms with E-state index in [0.717, 1.165) is 0 Å². The first-order chi connectivity index (χ1) is 12.9. The number of carbonyl (C=O) groups excluding carboxylic acids is 1. The molecule has 3 N–H and O–H groups in total. The Balaban J connectivity index is 2.30. The van der Waals surface area contributed by atoms with Crippen LogP contribution in [0.15, 0.2) is 55.0 Å². The average Bonchev–Trinajstić information content (AvgIpc) is 3.04. The summed E-state index contributed by atoms with van der Waals surface area (Å²) in [6, 6.07) is 5.80. The van der Waals surface area contributed by atoms with E-state index in [4.69, 9.17) is 5.41 Å². The fourth-order valence-corrected chi connectivity index (χ4v) is 2.69. The molecule has 6 nitrogen and oxygen atoms in total. The molecule has 0 spiro atoms.